The van der Waals surface area contributed by atoms with E-state index in [-0.39, 0.29) is 12.0 Å². The molecule has 0 bridgehead atoms. The van der Waals surface area contributed by atoms with Crippen molar-refractivity contribution in [3.05, 3.63) is 65.2 Å². The minimum Gasteiger partial charge on any atom is -0.489 e. The Labute approximate surface area is 167 Å². The second kappa shape index (κ2) is 8.78. The van der Waals surface area contributed by atoms with E-state index in [0.29, 0.717) is 5.92 Å². The van der Waals surface area contributed by atoms with Gasteiger partial charge in [-0.05, 0) is 68.8 Å². The molecule has 1 amide bonds. The predicted octanol–water partition coefficient (Wildman–Crippen LogP) is 3.83. The minimum absolute atomic E-state index is 0.171. The predicted molar refractivity (Wildman–Crippen MR) is 112 cm³/mol. The second-order valence-electron chi connectivity index (χ2n) is 8.15. The lowest BCUT2D eigenvalue weighted by Crippen LogP contribution is -2.42. The number of aryl methyl sites for hydroxylation is 2. The Balaban J connectivity index is 1.19. The number of piperidine rings is 1. The Morgan fingerprint density at radius 2 is 1.89 bits per heavy atom. The summed E-state index contributed by atoms with van der Waals surface area (Å²) in [4.78, 5) is 14.7. The van der Waals surface area contributed by atoms with Crippen LogP contribution in [0.2, 0.25) is 0 Å². The van der Waals surface area contributed by atoms with Gasteiger partial charge in [-0.25, -0.2) is 0 Å². The Hall–Kier alpha value is -2.33. The summed E-state index contributed by atoms with van der Waals surface area (Å²) in [6.45, 7) is 5.65. The van der Waals surface area contributed by atoms with E-state index < -0.39 is 0 Å². The van der Waals surface area contributed by atoms with Gasteiger partial charge in [0.2, 0.25) is 0 Å². The third kappa shape index (κ3) is 4.56. The number of likely N-dealkylation sites (tertiary alicyclic amines) is 1. The molecule has 1 fully saturated rings. The number of nitrogens with one attached hydrogen (secondary N) is 1. The van der Waals surface area contributed by atoms with Crippen molar-refractivity contribution >= 4 is 5.91 Å². The van der Waals surface area contributed by atoms with E-state index in [9.17, 15) is 4.79 Å². The monoisotopic (exact) mass is 378 g/mol. The van der Waals surface area contributed by atoms with E-state index in [1.165, 1.54) is 5.56 Å². The molecule has 1 N–H and O–H groups in total. The van der Waals surface area contributed by atoms with Crippen molar-refractivity contribution in [2.75, 3.05) is 26.2 Å². The van der Waals surface area contributed by atoms with Gasteiger partial charge in [-0.1, -0.05) is 35.9 Å². The first-order chi connectivity index (χ1) is 13.7. The van der Waals surface area contributed by atoms with Gasteiger partial charge in [-0.15, -0.1) is 0 Å². The number of amides is 1. The van der Waals surface area contributed by atoms with Crippen molar-refractivity contribution in [2.24, 2.45) is 5.92 Å². The lowest BCUT2D eigenvalue weighted by Gasteiger charge is -2.33. The molecule has 1 saturated heterocycles. The molecular weight excluding hydrogens is 348 g/mol. The van der Waals surface area contributed by atoms with Crippen LogP contribution in [0.3, 0.4) is 0 Å². The number of carbonyl (C=O) groups excluding carboxylic acids is 1. The third-order valence-corrected chi connectivity index (χ3v) is 5.97. The van der Waals surface area contributed by atoms with E-state index in [1.807, 2.05) is 42.2 Å². The molecule has 1 atom stereocenters. The Bertz CT molecular complexity index is 812. The first-order valence-corrected chi connectivity index (χ1v) is 10.5. The molecule has 28 heavy (non-hydrogen) atoms. The van der Waals surface area contributed by atoms with Gasteiger partial charge in [-0.2, -0.15) is 0 Å². The maximum Gasteiger partial charge on any atom is 0.253 e. The van der Waals surface area contributed by atoms with Crippen molar-refractivity contribution in [3.8, 4) is 5.75 Å². The molecule has 148 valence electrons. The Kier molecular flexibility index (Phi) is 5.96. The lowest BCUT2D eigenvalue weighted by atomic mass is 9.96. The normalized spacial score (nSPS) is 19.8. The fraction of sp³-hybridized carbons (Fsp3) is 0.458. The molecule has 2 aromatic rings. The molecule has 4 heteroatoms. The molecule has 2 aliphatic rings. The maximum absolute atomic E-state index is 12.7. The van der Waals surface area contributed by atoms with Gasteiger partial charge < -0.3 is 15.0 Å². The molecule has 2 aromatic carbocycles. The standard InChI is InChI=1S/C24H30N2O2/c1-18-5-4-7-21(15-18)24(27)26-13-11-19(12-14-26)16-25-17-22-10-9-20-6-2-3-8-23(20)28-22/h2-8,15,19,22,25H,9-14,16-17H2,1H3. The van der Waals surface area contributed by atoms with Gasteiger partial charge >= 0.3 is 0 Å². The smallest absolute Gasteiger partial charge is 0.253 e. The highest BCUT2D eigenvalue weighted by atomic mass is 16.5. The first kappa shape index (κ1) is 19.0. The van der Waals surface area contributed by atoms with Crippen LogP contribution < -0.4 is 10.1 Å². The highest BCUT2D eigenvalue weighted by Crippen LogP contribution is 2.27. The largest absolute Gasteiger partial charge is 0.489 e. The van der Waals surface area contributed by atoms with Gasteiger partial charge in [-0.3, -0.25) is 4.79 Å². The molecule has 0 spiro atoms. The number of rotatable bonds is 5. The van der Waals surface area contributed by atoms with Crippen molar-refractivity contribution in [1.29, 1.82) is 0 Å². The number of ether oxygens (including phenoxy) is 1. The quantitative estimate of drug-likeness (QED) is 0.860. The summed E-state index contributed by atoms with van der Waals surface area (Å²) in [5, 5.41) is 3.61. The fourth-order valence-electron chi connectivity index (χ4n) is 4.27. The van der Waals surface area contributed by atoms with Crippen LogP contribution in [0.4, 0.5) is 0 Å². The zero-order chi connectivity index (χ0) is 19.3. The summed E-state index contributed by atoms with van der Waals surface area (Å²) in [5.41, 5.74) is 3.27. The van der Waals surface area contributed by atoms with Crippen LogP contribution in [0.5, 0.6) is 5.75 Å². The van der Waals surface area contributed by atoms with Gasteiger partial charge in [0.15, 0.2) is 0 Å². The van der Waals surface area contributed by atoms with E-state index in [2.05, 4.69) is 23.5 Å². The molecule has 0 saturated carbocycles. The van der Waals surface area contributed by atoms with Crippen LogP contribution >= 0.6 is 0 Å². The average Bonchev–Trinajstić information content (AvgIpc) is 2.74. The summed E-state index contributed by atoms with van der Waals surface area (Å²) in [5.74, 6) is 1.85. The van der Waals surface area contributed by atoms with Gasteiger partial charge in [0.25, 0.3) is 5.91 Å². The van der Waals surface area contributed by atoms with Crippen LogP contribution in [0, 0.1) is 12.8 Å². The average molecular weight is 379 g/mol. The maximum atomic E-state index is 12.7. The Morgan fingerprint density at radius 3 is 2.71 bits per heavy atom. The van der Waals surface area contributed by atoms with Crippen LogP contribution in [0.25, 0.3) is 0 Å². The summed E-state index contributed by atoms with van der Waals surface area (Å²) in [6, 6.07) is 16.3. The second-order valence-corrected chi connectivity index (χ2v) is 8.15. The molecule has 2 heterocycles. The topological polar surface area (TPSA) is 41.6 Å². The van der Waals surface area contributed by atoms with Crippen LogP contribution in [-0.2, 0) is 6.42 Å². The number of carbonyl (C=O) groups is 1. The van der Waals surface area contributed by atoms with Crippen molar-refractivity contribution in [3.63, 3.8) is 0 Å². The van der Waals surface area contributed by atoms with E-state index in [4.69, 9.17) is 4.74 Å². The van der Waals surface area contributed by atoms with Crippen LogP contribution in [-0.4, -0.2) is 43.1 Å². The molecular formula is C24H30N2O2. The zero-order valence-corrected chi connectivity index (χ0v) is 16.7. The molecule has 0 aliphatic carbocycles. The zero-order valence-electron chi connectivity index (χ0n) is 16.7. The summed E-state index contributed by atoms with van der Waals surface area (Å²) >= 11 is 0. The van der Waals surface area contributed by atoms with E-state index >= 15 is 0 Å². The van der Waals surface area contributed by atoms with Crippen molar-refractivity contribution in [2.45, 2.75) is 38.7 Å². The highest BCUT2D eigenvalue weighted by Gasteiger charge is 2.24. The third-order valence-electron chi connectivity index (χ3n) is 5.97. The van der Waals surface area contributed by atoms with E-state index in [1.54, 1.807) is 0 Å². The van der Waals surface area contributed by atoms with Crippen molar-refractivity contribution in [1.82, 2.24) is 10.2 Å². The number of hydrogen-bond acceptors (Lipinski definition) is 3. The number of para-hydroxylation sites is 1. The summed E-state index contributed by atoms with van der Waals surface area (Å²) < 4.78 is 6.11. The summed E-state index contributed by atoms with van der Waals surface area (Å²) in [7, 11) is 0. The Morgan fingerprint density at radius 1 is 1.07 bits per heavy atom. The van der Waals surface area contributed by atoms with Gasteiger partial charge in [0.05, 0.1) is 0 Å². The molecule has 2 aliphatic heterocycles. The molecule has 4 rings (SSSR count). The molecule has 0 radical (unpaired) electrons. The highest BCUT2D eigenvalue weighted by molar-refractivity contribution is 5.94. The fourth-order valence-corrected chi connectivity index (χ4v) is 4.27. The number of fused-ring (bicyclic) bond motifs is 1. The van der Waals surface area contributed by atoms with Crippen molar-refractivity contribution < 1.29 is 9.53 Å². The molecule has 1 unspecified atom stereocenters. The first-order valence-electron chi connectivity index (χ1n) is 10.5. The van der Waals surface area contributed by atoms with Gasteiger partial charge in [0.1, 0.15) is 11.9 Å². The number of nitrogens with zero attached hydrogens (tertiary/aromatic N) is 1. The van der Waals surface area contributed by atoms with Crippen LogP contribution in [0.15, 0.2) is 48.5 Å². The SMILES string of the molecule is Cc1cccc(C(=O)N2CCC(CNCC3CCc4ccccc4O3)CC2)c1. The molecule has 4 nitrogen and oxygen atoms in total. The van der Waals surface area contributed by atoms with Gasteiger partial charge in [0, 0.05) is 25.2 Å². The van der Waals surface area contributed by atoms with E-state index in [0.717, 1.165) is 68.7 Å². The lowest BCUT2D eigenvalue weighted by molar-refractivity contribution is 0.0688. The number of hydrogen-bond donors (Lipinski definition) is 1. The number of benzene rings is 2. The molecule has 0 aromatic heterocycles. The van der Waals surface area contributed by atoms with Crippen LogP contribution in [0.1, 0.15) is 40.7 Å². The summed E-state index contributed by atoms with van der Waals surface area (Å²) in [6.07, 6.45) is 4.57. The minimum atomic E-state index is 0.171.